The van der Waals surface area contributed by atoms with Gasteiger partial charge in [-0.1, -0.05) is 25.1 Å². The molecule has 6 heteroatoms. The maximum absolute atomic E-state index is 14.6. The van der Waals surface area contributed by atoms with Gasteiger partial charge in [0.05, 0.1) is 5.41 Å². The van der Waals surface area contributed by atoms with Crippen molar-refractivity contribution < 1.29 is 18.7 Å². The lowest BCUT2D eigenvalue weighted by molar-refractivity contribution is -0.125. The summed E-state index contributed by atoms with van der Waals surface area (Å²) in [6.45, 7) is 7.03. The first-order valence-corrected chi connectivity index (χ1v) is 11.7. The zero-order chi connectivity index (χ0) is 22.4. The van der Waals surface area contributed by atoms with Crippen LogP contribution in [0.4, 0.5) is 10.1 Å². The lowest BCUT2D eigenvalue weighted by Crippen LogP contribution is -2.45. The third-order valence-electron chi connectivity index (χ3n) is 6.70. The van der Waals surface area contributed by atoms with Crippen molar-refractivity contribution in [3.05, 3.63) is 59.9 Å². The van der Waals surface area contributed by atoms with E-state index in [0.717, 1.165) is 31.3 Å². The molecule has 5 nitrogen and oxygen atoms in total. The number of benzene rings is 2. The van der Waals surface area contributed by atoms with E-state index in [1.54, 1.807) is 18.2 Å². The second-order valence-electron chi connectivity index (χ2n) is 9.05. The Labute approximate surface area is 189 Å². The molecule has 0 aromatic heterocycles. The summed E-state index contributed by atoms with van der Waals surface area (Å²) in [5, 5.41) is 2.99. The van der Waals surface area contributed by atoms with Crippen LogP contribution in [0.5, 0.6) is 5.75 Å². The average Bonchev–Trinajstić information content (AvgIpc) is 2.81. The van der Waals surface area contributed by atoms with Gasteiger partial charge in [-0.15, -0.1) is 0 Å². The predicted octanol–water partition coefficient (Wildman–Crippen LogP) is 4.62. The van der Waals surface area contributed by atoms with Gasteiger partial charge in [0.1, 0.15) is 18.2 Å². The number of nitrogens with one attached hydrogen (secondary N) is 1. The molecule has 1 atom stereocenters. The fraction of sp³-hybridized carbons (Fsp3) is 0.500. The van der Waals surface area contributed by atoms with Gasteiger partial charge in [0, 0.05) is 37.6 Å². The first kappa shape index (κ1) is 22.7. The third kappa shape index (κ3) is 5.30. The SMILES string of the molecule is C[C@@H]1CCCN(CCOc2ccc(NC(=O)C3(c4ccccc4F)CCOCC3)cc2)C1. The molecule has 2 aliphatic rings. The number of piperidine rings is 1. The van der Waals surface area contributed by atoms with E-state index in [0.29, 0.717) is 43.9 Å². The van der Waals surface area contributed by atoms with Gasteiger partial charge in [-0.25, -0.2) is 4.39 Å². The molecule has 0 saturated carbocycles. The summed E-state index contributed by atoms with van der Waals surface area (Å²) in [6, 6.07) is 14.0. The number of ether oxygens (including phenoxy) is 2. The highest BCUT2D eigenvalue weighted by molar-refractivity contribution is 5.99. The average molecular weight is 441 g/mol. The van der Waals surface area contributed by atoms with Gasteiger partial charge in [0.15, 0.2) is 0 Å². The largest absolute Gasteiger partial charge is 0.492 e. The molecule has 172 valence electrons. The molecule has 2 aliphatic heterocycles. The molecule has 2 aromatic rings. The number of carbonyl (C=O) groups excluding carboxylic acids is 1. The maximum Gasteiger partial charge on any atom is 0.235 e. The number of likely N-dealkylation sites (tertiary alicyclic amines) is 1. The molecule has 32 heavy (non-hydrogen) atoms. The summed E-state index contributed by atoms with van der Waals surface area (Å²) >= 11 is 0. The Morgan fingerprint density at radius 1 is 1.19 bits per heavy atom. The van der Waals surface area contributed by atoms with Gasteiger partial charge in [-0.05, 0) is 68.5 Å². The molecule has 4 rings (SSSR count). The van der Waals surface area contributed by atoms with Crippen molar-refractivity contribution in [1.82, 2.24) is 4.90 Å². The molecule has 2 aromatic carbocycles. The zero-order valence-electron chi connectivity index (χ0n) is 18.8. The highest BCUT2D eigenvalue weighted by atomic mass is 19.1. The Morgan fingerprint density at radius 2 is 1.94 bits per heavy atom. The van der Waals surface area contributed by atoms with Crippen molar-refractivity contribution in [2.75, 3.05) is 44.8 Å². The van der Waals surface area contributed by atoms with Crippen LogP contribution in [0.25, 0.3) is 0 Å². The summed E-state index contributed by atoms with van der Waals surface area (Å²) in [7, 11) is 0. The first-order chi connectivity index (χ1) is 15.6. The minimum absolute atomic E-state index is 0.196. The van der Waals surface area contributed by atoms with Gasteiger partial charge in [0.25, 0.3) is 0 Å². The Hall–Kier alpha value is -2.44. The van der Waals surface area contributed by atoms with E-state index < -0.39 is 5.41 Å². The van der Waals surface area contributed by atoms with E-state index in [1.807, 2.05) is 24.3 Å². The smallest absolute Gasteiger partial charge is 0.235 e. The van der Waals surface area contributed by atoms with Crippen LogP contribution in [-0.4, -0.2) is 50.3 Å². The van der Waals surface area contributed by atoms with Gasteiger partial charge >= 0.3 is 0 Å². The molecular weight excluding hydrogens is 407 g/mol. The number of nitrogens with zero attached hydrogens (tertiary/aromatic N) is 1. The van der Waals surface area contributed by atoms with Gasteiger partial charge < -0.3 is 14.8 Å². The Bertz CT molecular complexity index is 896. The lowest BCUT2D eigenvalue weighted by atomic mass is 9.73. The lowest BCUT2D eigenvalue weighted by Gasteiger charge is -2.36. The molecule has 1 N–H and O–H groups in total. The van der Waals surface area contributed by atoms with Crippen LogP contribution in [0.15, 0.2) is 48.5 Å². The van der Waals surface area contributed by atoms with Crippen molar-refractivity contribution in [3.8, 4) is 5.75 Å². The van der Waals surface area contributed by atoms with Crippen LogP contribution in [0, 0.1) is 11.7 Å². The summed E-state index contributed by atoms with van der Waals surface area (Å²) in [5.41, 5.74) is 0.187. The number of rotatable bonds is 7. The van der Waals surface area contributed by atoms with Crippen molar-refractivity contribution in [1.29, 1.82) is 0 Å². The summed E-state index contributed by atoms with van der Waals surface area (Å²) in [4.78, 5) is 15.8. The molecule has 0 spiro atoms. The van der Waals surface area contributed by atoms with E-state index in [2.05, 4.69) is 17.1 Å². The van der Waals surface area contributed by atoms with Gasteiger partial charge in [0.2, 0.25) is 5.91 Å². The summed E-state index contributed by atoms with van der Waals surface area (Å²) in [6.07, 6.45) is 3.48. The number of anilines is 1. The first-order valence-electron chi connectivity index (χ1n) is 11.7. The molecular formula is C26H33FN2O3. The fourth-order valence-electron chi connectivity index (χ4n) is 4.86. The second-order valence-corrected chi connectivity index (χ2v) is 9.05. The topological polar surface area (TPSA) is 50.8 Å². The minimum Gasteiger partial charge on any atom is -0.492 e. The monoisotopic (exact) mass is 440 g/mol. The van der Waals surface area contributed by atoms with Crippen LogP contribution >= 0.6 is 0 Å². The predicted molar refractivity (Wildman–Crippen MR) is 124 cm³/mol. The van der Waals surface area contributed by atoms with Crippen LogP contribution < -0.4 is 10.1 Å². The molecule has 0 bridgehead atoms. The number of amides is 1. The van der Waals surface area contributed by atoms with E-state index in [9.17, 15) is 9.18 Å². The van der Waals surface area contributed by atoms with Crippen molar-refractivity contribution >= 4 is 11.6 Å². The van der Waals surface area contributed by atoms with Crippen molar-refractivity contribution in [3.63, 3.8) is 0 Å². The fourth-order valence-corrected chi connectivity index (χ4v) is 4.86. The standard InChI is InChI=1S/C26H33FN2O3/c1-20-5-4-14-29(19-20)15-18-32-22-10-8-21(9-11-22)28-25(30)26(12-16-31-17-13-26)23-6-2-3-7-24(23)27/h2-3,6-11,20H,4-5,12-19H2,1H3,(H,28,30)/t20-/m1/s1. The Kier molecular flexibility index (Phi) is 7.43. The van der Waals surface area contributed by atoms with E-state index in [-0.39, 0.29) is 11.7 Å². The minimum atomic E-state index is -0.926. The van der Waals surface area contributed by atoms with E-state index in [1.165, 1.54) is 18.9 Å². The quantitative estimate of drug-likeness (QED) is 0.682. The molecule has 0 radical (unpaired) electrons. The Morgan fingerprint density at radius 3 is 2.66 bits per heavy atom. The highest BCUT2D eigenvalue weighted by Crippen LogP contribution is 2.37. The summed E-state index contributed by atoms with van der Waals surface area (Å²) in [5.74, 6) is 0.994. The maximum atomic E-state index is 14.6. The number of hydrogen-bond acceptors (Lipinski definition) is 4. The molecule has 2 saturated heterocycles. The number of carbonyl (C=O) groups is 1. The van der Waals surface area contributed by atoms with Gasteiger partial charge in [-0.2, -0.15) is 0 Å². The van der Waals surface area contributed by atoms with E-state index in [4.69, 9.17) is 9.47 Å². The highest BCUT2D eigenvalue weighted by Gasteiger charge is 2.43. The number of hydrogen-bond donors (Lipinski definition) is 1. The van der Waals surface area contributed by atoms with Crippen molar-refractivity contribution in [2.45, 2.75) is 38.0 Å². The second kappa shape index (κ2) is 10.5. The number of halogens is 1. The Balaban J connectivity index is 1.36. The van der Waals surface area contributed by atoms with Crippen LogP contribution in [0.3, 0.4) is 0 Å². The van der Waals surface area contributed by atoms with Gasteiger partial charge in [-0.3, -0.25) is 9.69 Å². The normalized spacial score (nSPS) is 21.1. The van der Waals surface area contributed by atoms with Crippen LogP contribution in [0.2, 0.25) is 0 Å². The summed E-state index contributed by atoms with van der Waals surface area (Å²) < 4.78 is 26.0. The molecule has 1 amide bonds. The van der Waals surface area contributed by atoms with Crippen LogP contribution in [0.1, 0.15) is 38.2 Å². The van der Waals surface area contributed by atoms with Crippen LogP contribution in [-0.2, 0) is 14.9 Å². The third-order valence-corrected chi connectivity index (χ3v) is 6.70. The zero-order valence-corrected chi connectivity index (χ0v) is 18.8. The molecule has 0 aliphatic carbocycles. The van der Waals surface area contributed by atoms with E-state index >= 15 is 0 Å². The molecule has 2 fully saturated rings. The van der Waals surface area contributed by atoms with Crippen molar-refractivity contribution in [2.24, 2.45) is 5.92 Å². The molecule has 2 heterocycles. The molecule has 0 unspecified atom stereocenters.